The third-order valence-corrected chi connectivity index (χ3v) is 8.03. The Kier molecular flexibility index (Phi) is 6.66. The summed E-state index contributed by atoms with van der Waals surface area (Å²) in [4.78, 5) is 13.1. The molecule has 0 spiro atoms. The molecule has 1 atom stereocenters. The predicted molar refractivity (Wildman–Crippen MR) is 128 cm³/mol. The van der Waals surface area contributed by atoms with E-state index >= 15 is 0 Å². The number of halogens is 3. The van der Waals surface area contributed by atoms with Gasteiger partial charge < -0.3 is 5.32 Å². The number of fused-ring (bicyclic) bond motifs is 1. The van der Waals surface area contributed by atoms with Crippen LogP contribution in [0.25, 0.3) is 0 Å². The third-order valence-electron chi connectivity index (χ3n) is 5.64. The normalized spacial score (nSPS) is 14.5. The van der Waals surface area contributed by atoms with Crippen LogP contribution in [0.2, 0.25) is 10.0 Å². The molecule has 9 heteroatoms. The lowest BCUT2D eigenvalue weighted by Gasteiger charge is -2.31. The van der Waals surface area contributed by atoms with E-state index in [-0.39, 0.29) is 21.6 Å². The number of nitrogens with one attached hydrogen (secondary N) is 1. The fourth-order valence-corrected chi connectivity index (χ4v) is 5.92. The summed E-state index contributed by atoms with van der Waals surface area (Å²) >= 11 is 11.9. The Morgan fingerprint density at radius 3 is 2.18 bits per heavy atom. The Hall–Kier alpha value is -2.61. The molecule has 172 valence electrons. The molecule has 1 aliphatic rings. The van der Waals surface area contributed by atoms with Crippen molar-refractivity contribution in [3.8, 4) is 0 Å². The molecule has 1 aliphatic carbocycles. The zero-order valence-corrected chi connectivity index (χ0v) is 20.0. The van der Waals surface area contributed by atoms with Crippen LogP contribution in [0.3, 0.4) is 0 Å². The number of carbonyl (C=O) groups excluding carboxylic acids is 1. The maximum atomic E-state index is 14.8. The molecule has 0 saturated heterocycles. The summed E-state index contributed by atoms with van der Waals surface area (Å²) in [5.74, 6) is -1.35. The molecule has 33 heavy (non-hydrogen) atoms. The number of carbonyl (C=O) groups is 1. The number of nitrogens with zero attached hydrogens (tertiary/aromatic N) is 1. The number of sulfonamides is 1. The first-order valence-electron chi connectivity index (χ1n) is 10.3. The molecule has 1 amide bonds. The average Bonchev–Trinajstić information content (AvgIpc) is 3.18. The van der Waals surface area contributed by atoms with Gasteiger partial charge in [-0.1, -0.05) is 47.5 Å². The summed E-state index contributed by atoms with van der Waals surface area (Å²) in [5, 5.41) is 3.41. The van der Waals surface area contributed by atoms with Crippen LogP contribution >= 0.6 is 23.2 Å². The molecule has 0 radical (unpaired) electrons. The molecule has 4 rings (SSSR count). The molecule has 0 bridgehead atoms. The van der Waals surface area contributed by atoms with Gasteiger partial charge in [0, 0.05) is 16.1 Å². The van der Waals surface area contributed by atoms with Crippen molar-refractivity contribution < 1.29 is 17.6 Å². The van der Waals surface area contributed by atoms with Crippen molar-refractivity contribution in [1.82, 2.24) is 5.32 Å². The number of hydrogen-bond donors (Lipinski definition) is 1. The van der Waals surface area contributed by atoms with Crippen LogP contribution in [-0.4, -0.2) is 26.4 Å². The summed E-state index contributed by atoms with van der Waals surface area (Å²) < 4.78 is 42.7. The lowest BCUT2D eigenvalue weighted by atomic mass is 10.1. The molecular weight excluding hydrogens is 486 g/mol. The van der Waals surface area contributed by atoms with E-state index < -0.39 is 27.8 Å². The van der Waals surface area contributed by atoms with Crippen LogP contribution in [0.4, 0.5) is 10.1 Å². The van der Waals surface area contributed by atoms with Gasteiger partial charge in [0.2, 0.25) is 5.91 Å². The molecule has 0 fully saturated rings. The van der Waals surface area contributed by atoms with Crippen LogP contribution in [-0.2, 0) is 27.7 Å². The van der Waals surface area contributed by atoms with Gasteiger partial charge in [0.05, 0.1) is 10.6 Å². The van der Waals surface area contributed by atoms with Crippen molar-refractivity contribution in [3.63, 3.8) is 0 Å². The highest BCUT2D eigenvalue weighted by atomic mass is 35.5. The van der Waals surface area contributed by atoms with Crippen LogP contribution in [0, 0.1) is 5.82 Å². The number of amides is 1. The van der Waals surface area contributed by atoms with Crippen molar-refractivity contribution in [2.24, 2.45) is 0 Å². The number of anilines is 1. The molecule has 1 unspecified atom stereocenters. The van der Waals surface area contributed by atoms with E-state index in [9.17, 15) is 17.6 Å². The lowest BCUT2D eigenvalue weighted by molar-refractivity contribution is -0.122. The smallest absolute Gasteiger partial charge is 0.265 e. The Labute approximate surface area is 202 Å². The summed E-state index contributed by atoms with van der Waals surface area (Å²) in [7, 11) is -4.33. The van der Waals surface area contributed by atoms with Gasteiger partial charge in [0.25, 0.3) is 10.0 Å². The van der Waals surface area contributed by atoms with Crippen molar-refractivity contribution in [1.29, 1.82) is 0 Å². The van der Waals surface area contributed by atoms with Gasteiger partial charge >= 0.3 is 0 Å². The van der Waals surface area contributed by atoms with E-state index in [1.165, 1.54) is 43.3 Å². The number of hydrogen-bond acceptors (Lipinski definition) is 3. The van der Waals surface area contributed by atoms with Crippen LogP contribution < -0.4 is 9.62 Å². The van der Waals surface area contributed by atoms with E-state index in [0.717, 1.165) is 21.5 Å². The van der Waals surface area contributed by atoms with Crippen molar-refractivity contribution in [3.05, 3.63) is 93.7 Å². The van der Waals surface area contributed by atoms with Gasteiger partial charge in [-0.05, 0) is 73.4 Å². The SMILES string of the molecule is CC(C(=O)NC1Cc2ccccc2C1)N(c1cc(Cl)ccc1F)S(=O)(=O)c1ccc(Cl)cc1. The van der Waals surface area contributed by atoms with Crippen LogP contribution in [0.15, 0.2) is 71.6 Å². The Morgan fingerprint density at radius 2 is 1.58 bits per heavy atom. The van der Waals surface area contributed by atoms with E-state index in [0.29, 0.717) is 17.9 Å². The molecule has 1 N–H and O–H groups in total. The minimum absolute atomic E-state index is 0.126. The molecule has 0 saturated carbocycles. The quantitative estimate of drug-likeness (QED) is 0.511. The minimum atomic E-state index is -4.33. The fraction of sp³-hybridized carbons (Fsp3) is 0.208. The Bertz CT molecular complexity index is 1270. The van der Waals surface area contributed by atoms with Gasteiger partial charge in [0.15, 0.2) is 0 Å². The first-order chi connectivity index (χ1) is 15.7. The number of benzene rings is 3. The highest BCUT2D eigenvalue weighted by Crippen LogP contribution is 2.32. The topological polar surface area (TPSA) is 66.5 Å². The van der Waals surface area contributed by atoms with Crippen molar-refractivity contribution in [2.75, 3.05) is 4.31 Å². The van der Waals surface area contributed by atoms with E-state index in [2.05, 4.69) is 5.32 Å². The molecule has 0 aromatic heterocycles. The van der Waals surface area contributed by atoms with Gasteiger partial charge in [0.1, 0.15) is 11.9 Å². The van der Waals surface area contributed by atoms with Gasteiger partial charge in [-0.25, -0.2) is 12.8 Å². The standard InChI is InChI=1S/C24H21Cl2FN2O3S/c1-15(24(30)28-20-12-16-4-2-3-5-17(16)13-20)29(23-14-19(26)8-11-22(23)27)33(31,32)21-9-6-18(25)7-10-21/h2-11,14-15,20H,12-13H2,1H3,(H,28,30). The van der Waals surface area contributed by atoms with Crippen molar-refractivity contribution in [2.45, 2.75) is 36.7 Å². The van der Waals surface area contributed by atoms with Crippen molar-refractivity contribution >= 4 is 44.8 Å². The maximum absolute atomic E-state index is 14.8. The summed E-state index contributed by atoms with van der Waals surface area (Å²) in [6.45, 7) is 1.42. The highest BCUT2D eigenvalue weighted by molar-refractivity contribution is 7.93. The van der Waals surface area contributed by atoms with E-state index in [4.69, 9.17) is 23.2 Å². The second kappa shape index (κ2) is 9.33. The summed E-state index contributed by atoms with van der Waals surface area (Å²) in [6, 6.07) is 15.5. The molecular formula is C24H21Cl2FN2O3S. The lowest BCUT2D eigenvalue weighted by Crippen LogP contribution is -2.51. The molecule has 5 nitrogen and oxygen atoms in total. The zero-order chi connectivity index (χ0) is 23.8. The largest absolute Gasteiger partial charge is 0.351 e. The fourth-order valence-electron chi connectivity index (χ4n) is 4.01. The Morgan fingerprint density at radius 1 is 1.00 bits per heavy atom. The number of rotatable bonds is 6. The second-order valence-electron chi connectivity index (χ2n) is 7.91. The third kappa shape index (κ3) is 4.86. The first-order valence-corrected chi connectivity index (χ1v) is 12.5. The van der Waals surface area contributed by atoms with Crippen LogP contribution in [0.1, 0.15) is 18.1 Å². The molecule has 0 heterocycles. The maximum Gasteiger partial charge on any atom is 0.265 e. The second-order valence-corrected chi connectivity index (χ2v) is 10.6. The highest BCUT2D eigenvalue weighted by Gasteiger charge is 2.36. The zero-order valence-electron chi connectivity index (χ0n) is 17.6. The van der Waals surface area contributed by atoms with Gasteiger partial charge in [-0.15, -0.1) is 0 Å². The summed E-state index contributed by atoms with van der Waals surface area (Å²) in [6.07, 6.45) is 1.29. The molecule has 3 aromatic carbocycles. The molecule has 3 aromatic rings. The van der Waals surface area contributed by atoms with Gasteiger partial charge in [-0.3, -0.25) is 9.10 Å². The summed E-state index contributed by atoms with van der Waals surface area (Å²) in [5.41, 5.74) is 1.97. The van der Waals surface area contributed by atoms with Gasteiger partial charge in [-0.2, -0.15) is 0 Å². The van der Waals surface area contributed by atoms with E-state index in [1.54, 1.807) is 0 Å². The van der Waals surface area contributed by atoms with E-state index in [1.807, 2.05) is 24.3 Å². The first kappa shape index (κ1) is 23.5. The average molecular weight is 507 g/mol. The monoisotopic (exact) mass is 506 g/mol. The molecule has 0 aliphatic heterocycles. The van der Waals surface area contributed by atoms with Crippen LogP contribution in [0.5, 0.6) is 0 Å². The Balaban J connectivity index is 1.68. The minimum Gasteiger partial charge on any atom is -0.351 e. The predicted octanol–water partition coefficient (Wildman–Crippen LogP) is 5.00.